The van der Waals surface area contributed by atoms with Crippen LogP contribution in [-0.2, 0) is 0 Å². The number of nitrogens with one attached hydrogen (secondary N) is 1. The summed E-state index contributed by atoms with van der Waals surface area (Å²) in [5.74, 6) is 0.956. The molecule has 0 aliphatic heterocycles. The molecule has 1 saturated carbocycles. The summed E-state index contributed by atoms with van der Waals surface area (Å²) in [4.78, 5) is 0. The van der Waals surface area contributed by atoms with Gasteiger partial charge in [0.1, 0.15) is 5.76 Å². The van der Waals surface area contributed by atoms with Crippen LogP contribution in [0.3, 0.4) is 0 Å². The molecule has 1 aliphatic carbocycles. The lowest BCUT2D eigenvalue weighted by molar-refractivity contribution is 0.114. The van der Waals surface area contributed by atoms with Crippen molar-refractivity contribution in [3.05, 3.63) is 22.6 Å². The minimum Gasteiger partial charge on any atom is -0.453 e. The van der Waals surface area contributed by atoms with Crippen LogP contribution in [0.15, 0.2) is 21.2 Å². The smallest absolute Gasteiger partial charge is 0.169 e. The lowest BCUT2D eigenvalue weighted by Gasteiger charge is -2.28. The predicted octanol–water partition coefficient (Wildman–Crippen LogP) is 3.00. The van der Waals surface area contributed by atoms with Crippen LogP contribution >= 0.6 is 15.9 Å². The molecule has 2 N–H and O–H groups in total. The molecule has 0 spiro atoms. The van der Waals surface area contributed by atoms with E-state index in [0.29, 0.717) is 6.04 Å². The van der Waals surface area contributed by atoms with Crippen molar-refractivity contribution < 1.29 is 9.52 Å². The molecule has 16 heavy (non-hydrogen) atoms. The largest absolute Gasteiger partial charge is 0.453 e. The van der Waals surface area contributed by atoms with E-state index < -0.39 is 0 Å². The first-order valence-electron chi connectivity index (χ1n) is 5.84. The molecule has 0 bridgehead atoms. The maximum atomic E-state index is 9.43. The highest BCUT2D eigenvalue weighted by atomic mass is 79.9. The lowest BCUT2D eigenvalue weighted by Crippen LogP contribution is -2.36. The summed E-state index contributed by atoms with van der Waals surface area (Å²) in [6, 6.07) is 4.63. The van der Waals surface area contributed by atoms with Gasteiger partial charge in [0.15, 0.2) is 4.67 Å². The van der Waals surface area contributed by atoms with Crippen LogP contribution < -0.4 is 5.32 Å². The van der Waals surface area contributed by atoms with E-state index in [0.717, 1.165) is 36.1 Å². The van der Waals surface area contributed by atoms with Crippen LogP contribution in [0.1, 0.15) is 44.4 Å². The van der Waals surface area contributed by atoms with Crippen LogP contribution in [0.25, 0.3) is 0 Å². The minimum absolute atomic E-state index is 0.0916. The second-order valence-corrected chi connectivity index (χ2v) is 5.32. The molecule has 1 aromatic heterocycles. The van der Waals surface area contributed by atoms with Gasteiger partial charge in [-0.15, -0.1) is 0 Å². The molecule has 2 rings (SSSR count). The number of rotatable bonds is 3. The maximum Gasteiger partial charge on any atom is 0.169 e. The lowest BCUT2D eigenvalue weighted by atomic mass is 9.92. The van der Waals surface area contributed by atoms with Gasteiger partial charge in [0.05, 0.1) is 12.1 Å². The molecule has 1 aromatic rings. The van der Waals surface area contributed by atoms with E-state index in [9.17, 15) is 5.11 Å². The van der Waals surface area contributed by atoms with Gasteiger partial charge in [-0.1, -0.05) is 0 Å². The Morgan fingerprint density at radius 1 is 1.38 bits per heavy atom. The molecular weight excluding hydrogens is 270 g/mol. The van der Waals surface area contributed by atoms with Crippen molar-refractivity contribution in [1.29, 1.82) is 0 Å². The predicted molar refractivity (Wildman–Crippen MR) is 66.2 cm³/mol. The van der Waals surface area contributed by atoms with E-state index >= 15 is 0 Å². The third kappa shape index (κ3) is 3.09. The van der Waals surface area contributed by atoms with Gasteiger partial charge in [-0.3, -0.25) is 0 Å². The number of furan rings is 1. The Hall–Kier alpha value is -0.320. The molecule has 4 heteroatoms. The third-order valence-electron chi connectivity index (χ3n) is 3.20. The second-order valence-electron chi connectivity index (χ2n) is 4.54. The number of aliphatic hydroxyl groups is 1. The van der Waals surface area contributed by atoms with Crippen molar-refractivity contribution >= 4 is 15.9 Å². The summed E-state index contributed by atoms with van der Waals surface area (Å²) < 4.78 is 6.29. The third-order valence-corrected chi connectivity index (χ3v) is 3.63. The second kappa shape index (κ2) is 5.34. The van der Waals surface area contributed by atoms with Crippen LogP contribution in [0.2, 0.25) is 0 Å². The van der Waals surface area contributed by atoms with Gasteiger partial charge in [-0.05, 0) is 60.7 Å². The SMILES string of the molecule is CC(NC1CCC(O)CC1)c1ccc(Br)o1. The summed E-state index contributed by atoms with van der Waals surface area (Å²) in [5, 5.41) is 13.0. The van der Waals surface area contributed by atoms with Gasteiger partial charge in [0.2, 0.25) is 0 Å². The standard InChI is InChI=1S/C12H18BrNO2/c1-8(11-6-7-12(13)16-11)14-9-2-4-10(15)5-3-9/h6-10,14-15H,2-5H2,1H3. The van der Waals surface area contributed by atoms with E-state index in [1.165, 1.54) is 0 Å². The fourth-order valence-electron chi connectivity index (χ4n) is 2.24. The van der Waals surface area contributed by atoms with Gasteiger partial charge in [-0.25, -0.2) is 0 Å². The van der Waals surface area contributed by atoms with E-state index in [4.69, 9.17) is 4.42 Å². The van der Waals surface area contributed by atoms with Crippen molar-refractivity contribution in [3.63, 3.8) is 0 Å². The Morgan fingerprint density at radius 3 is 2.62 bits per heavy atom. The van der Waals surface area contributed by atoms with Crippen LogP contribution in [0.5, 0.6) is 0 Å². The molecule has 0 saturated heterocycles. The molecule has 1 aliphatic rings. The highest BCUT2D eigenvalue weighted by Gasteiger charge is 2.21. The van der Waals surface area contributed by atoms with E-state index in [-0.39, 0.29) is 12.1 Å². The molecule has 0 aromatic carbocycles. The fraction of sp³-hybridized carbons (Fsp3) is 0.667. The quantitative estimate of drug-likeness (QED) is 0.898. The molecule has 90 valence electrons. The number of aliphatic hydroxyl groups excluding tert-OH is 1. The summed E-state index contributed by atoms with van der Waals surface area (Å²) in [5.41, 5.74) is 0. The average molecular weight is 288 g/mol. The number of hydrogen-bond acceptors (Lipinski definition) is 3. The van der Waals surface area contributed by atoms with E-state index in [1.54, 1.807) is 0 Å². The zero-order valence-electron chi connectivity index (χ0n) is 9.45. The molecule has 1 fully saturated rings. The van der Waals surface area contributed by atoms with E-state index in [2.05, 4.69) is 28.2 Å². The van der Waals surface area contributed by atoms with Gasteiger partial charge in [0, 0.05) is 6.04 Å². The van der Waals surface area contributed by atoms with Gasteiger partial charge < -0.3 is 14.8 Å². The van der Waals surface area contributed by atoms with Crippen molar-refractivity contribution in [2.45, 2.75) is 50.8 Å². The van der Waals surface area contributed by atoms with Gasteiger partial charge >= 0.3 is 0 Å². The van der Waals surface area contributed by atoms with Crippen LogP contribution in [0, 0.1) is 0 Å². The first-order valence-corrected chi connectivity index (χ1v) is 6.64. The zero-order valence-corrected chi connectivity index (χ0v) is 11.0. The van der Waals surface area contributed by atoms with Crippen molar-refractivity contribution in [2.24, 2.45) is 0 Å². The Bertz CT molecular complexity index is 332. The molecule has 1 unspecified atom stereocenters. The Morgan fingerprint density at radius 2 is 2.06 bits per heavy atom. The number of halogens is 1. The first-order chi connectivity index (χ1) is 7.65. The van der Waals surface area contributed by atoms with Crippen molar-refractivity contribution in [1.82, 2.24) is 5.32 Å². The first kappa shape index (κ1) is 12.1. The summed E-state index contributed by atoms with van der Waals surface area (Å²) in [7, 11) is 0. The summed E-state index contributed by atoms with van der Waals surface area (Å²) in [6.07, 6.45) is 3.82. The minimum atomic E-state index is -0.0916. The zero-order chi connectivity index (χ0) is 11.5. The van der Waals surface area contributed by atoms with Crippen molar-refractivity contribution in [2.75, 3.05) is 0 Å². The number of hydrogen-bond donors (Lipinski definition) is 2. The Kier molecular flexibility index (Phi) is 4.05. The summed E-state index contributed by atoms with van der Waals surface area (Å²) in [6.45, 7) is 2.11. The average Bonchev–Trinajstić information content (AvgIpc) is 2.68. The highest BCUT2D eigenvalue weighted by Crippen LogP contribution is 2.24. The summed E-state index contributed by atoms with van der Waals surface area (Å²) >= 11 is 3.31. The maximum absolute atomic E-state index is 9.43. The molecule has 0 amide bonds. The fourth-order valence-corrected chi connectivity index (χ4v) is 2.56. The monoisotopic (exact) mass is 287 g/mol. The van der Waals surface area contributed by atoms with Gasteiger partial charge in [0.25, 0.3) is 0 Å². The molecule has 1 atom stereocenters. The molecule has 3 nitrogen and oxygen atoms in total. The molecular formula is C12H18BrNO2. The molecule has 1 heterocycles. The van der Waals surface area contributed by atoms with Crippen LogP contribution in [-0.4, -0.2) is 17.3 Å². The highest BCUT2D eigenvalue weighted by molar-refractivity contribution is 9.10. The van der Waals surface area contributed by atoms with Crippen molar-refractivity contribution in [3.8, 4) is 0 Å². The Labute approximate surface area is 104 Å². The van der Waals surface area contributed by atoms with E-state index in [1.807, 2.05) is 12.1 Å². The van der Waals surface area contributed by atoms with Gasteiger partial charge in [-0.2, -0.15) is 0 Å². The topological polar surface area (TPSA) is 45.4 Å². The van der Waals surface area contributed by atoms with Crippen LogP contribution in [0.4, 0.5) is 0 Å². The Balaban J connectivity index is 1.85. The molecule has 0 radical (unpaired) electrons. The normalized spacial score (nSPS) is 27.9.